The molecule has 0 fully saturated rings. The van der Waals surface area contributed by atoms with Crippen LogP contribution in [0.1, 0.15) is 16.8 Å². The summed E-state index contributed by atoms with van der Waals surface area (Å²) in [4.78, 5) is 29.0. The molecule has 2 N–H and O–H groups in total. The van der Waals surface area contributed by atoms with Crippen molar-refractivity contribution in [2.24, 2.45) is 0 Å². The monoisotopic (exact) mass is 330 g/mol. The Kier molecular flexibility index (Phi) is 5.80. The molecule has 2 rings (SSSR count). The van der Waals surface area contributed by atoms with E-state index in [1.54, 1.807) is 31.4 Å². The summed E-state index contributed by atoms with van der Waals surface area (Å²) in [5.74, 6) is 0.0178. The molecule has 1 aromatic carbocycles. The van der Waals surface area contributed by atoms with Gasteiger partial charge in [-0.15, -0.1) is 0 Å². The molecule has 24 heavy (non-hydrogen) atoms. The van der Waals surface area contributed by atoms with Crippen LogP contribution in [-0.2, 0) is 0 Å². The maximum absolute atomic E-state index is 12.8. The lowest BCUT2D eigenvalue weighted by atomic mass is 10.1. The maximum atomic E-state index is 12.8. The second kappa shape index (κ2) is 8.02. The van der Waals surface area contributed by atoms with Gasteiger partial charge in [-0.1, -0.05) is 6.07 Å². The maximum Gasteiger partial charge on any atom is 0.293 e. The number of carbonyl (C=O) groups is 1. The van der Waals surface area contributed by atoms with E-state index >= 15 is 0 Å². The lowest BCUT2D eigenvalue weighted by molar-refractivity contribution is -0.384. The summed E-state index contributed by atoms with van der Waals surface area (Å²) in [6, 6.07) is 9.40. The number of nitrogens with one attached hydrogen (secondary N) is 1. The molecule has 126 valence electrons. The first-order chi connectivity index (χ1) is 11.6. The molecule has 0 aliphatic carbocycles. The number of hydrogen-bond donors (Lipinski definition) is 2. The lowest BCUT2D eigenvalue weighted by Crippen LogP contribution is -2.33. The van der Waals surface area contributed by atoms with Gasteiger partial charge in [-0.3, -0.25) is 19.8 Å². The number of carbonyl (C=O) groups excluding carboxylic acids is 1. The Balaban J connectivity index is 2.39. The first-order valence-electron chi connectivity index (χ1n) is 7.38. The molecule has 1 heterocycles. The number of aliphatic hydroxyl groups excluding tert-OH is 1. The molecular formula is C16H18N4O4. The van der Waals surface area contributed by atoms with Gasteiger partial charge in [-0.05, 0) is 30.7 Å². The van der Waals surface area contributed by atoms with Crippen molar-refractivity contribution in [3.63, 3.8) is 0 Å². The first kappa shape index (κ1) is 17.4. The van der Waals surface area contributed by atoms with Crippen LogP contribution in [0.25, 0.3) is 0 Å². The van der Waals surface area contributed by atoms with Gasteiger partial charge in [0.1, 0.15) is 11.5 Å². The molecule has 2 aromatic rings. The van der Waals surface area contributed by atoms with Crippen molar-refractivity contribution in [1.82, 2.24) is 4.98 Å². The van der Waals surface area contributed by atoms with Crippen LogP contribution in [-0.4, -0.2) is 41.1 Å². The van der Waals surface area contributed by atoms with Crippen LogP contribution in [0, 0.1) is 10.1 Å². The Morgan fingerprint density at radius 3 is 2.75 bits per heavy atom. The number of anilines is 2. The predicted molar refractivity (Wildman–Crippen MR) is 90.3 cm³/mol. The van der Waals surface area contributed by atoms with Crippen molar-refractivity contribution < 1.29 is 14.8 Å². The number of nitro groups is 1. The number of nitrogens with zero attached hydrogens (tertiary/aromatic N) is 3. The molecule has 0 aliphatic rings. The van der Waals surface area contributed by atoms with Gasteiger partial charge < -0.3 is 10.4 Å². The number of hydrogen-bond acceptors (Lipinski definition) is 6. The molecule has 1 aromatic heterocycles. The predicted octanol–water partition coefficient (Wildman–Crippen LogP) is 2.06. The van der Waals surface area contributed by atoms with Gasteiger partial charge >= 0.3 is 0 Å². The van der Waals surface area contributed by atoms with Crippen molar-refractivity contribution in [2.45, 2.75) is 6.42 Å². The van der Waals surface area contributed by atoms with Crippen LogP contribution in [0.4, 0.5) is 17.2 Å². The Labute approximate surface area is 138 Å². The first-order valence-corrected chi connectivity index (χ1v) is 7.38. The Morgan fingerprint density at radius 1 is 1.38 bits per heavy atom. The smallest absolute Gasteiger partial charge is 0.293 e. The van der Waals surface area contributed by atoms with Crippen LogP contribution in [0.15, 0.2) is 42.6 Å². The van der Waals surface area contributed by atoms with Crippen LogP contribution < -0.4 is 10.2 Å². The van der Waals surface area contributed by atoms with Gasteiger partial charge in [0.15, 0.2) is 0 Å². The van der Waals surface area contributed by atoms with Gasteiger partial charge in [0.25, 0.3) is 11.6 Å². The summed E-state index contributed by atoms with van der Waals surface area (Å²) in [7, 11) is 1.57. The highest BCUT2D eigenvalue weighted by atomic mass is 16.6. The average molecular weight is 330 g/mol. The topological polar surface area (TPSA) is 109 Å². The van der Waals surface area contributed by atoms with E-state index in [2.05, 4.69) is 10.3 Å². The number of nitro benzene ring substituents is 1. The minimum Gasteiger partial charge on any atom is -0.396 e. The third-order valence-corrected chi connectivity index (χ3v) is 3.42. The van der Waals surface area contributed by atoms with Crippen molar-refractivity contribution in [2.75, 3.05) is 30.4 Å². The molecule has 0 saturated heterocycles. The second-order valence-corrected chi connectivity index (χ2v) is 4.96. The van der Waals surface area contributed by atoms with Crippen LogP contribution in [0.3, 0.4) is 0 Å². The Hall–Kier alpha value is -3.00. The summed E-state index contributed by atoms with van der Waals surface area (Å²) in [6.45, 7) is 0.184. The second-order valence-electron chi connectivity index (χ2n) is 4.96. The van der Waals surface area contributed by atoms with E-state index in [1.807, 2.05) is 0 Å². The van der Waals surface area contributed by atoms with Gasteiger partial charge in [-0.25, -0.2) is 4.98 Å². The SMILES string of the molecule is CNc1ccc(C(=O)N(CCCO)c2ccccn2)cc1[N+](=O)[O-]. The average Bonchev–Trinajstić information content (AvgIpc) is 2.62. The van der Waals surface area contributed by atoms with E-state index in [9.17, 15) is 14.9 Å². The van der Waals surface area contributed by atoms with Crippen molar-refractivity contribution >= 4 is 23.1 Å². The largest absolute Gasteiger partial charge is 0.396 e. The third-order valence-electron chi connectivity index (χ3n) is 3.42. The minimum atomic E-state index is -0.540. The van der Waals surface area contributed by atoms with Crippen molar-refractivity contribution in [3.05, 3.63) is 58.3 Å². The quantitative estimate of drug-likeness (QED) is 0.594. The van der Waals surface area contributed by atoms with Gasteiger partial charge in [0.2, 0.25) is 0 Å². The van der Waals surface area contributed by atoms with Gasteiger partial charge in [0.05, 0.1) is 4.92 Å². The highest BCUT2D eigenvalue weighted by Crippen LogP contribution is 2.26. The zero-order valence-corrected chi connectivity index (χ0v) is 13.2. The van der Waals surface area contributed by atoms with Crippen molar-refractivity contribution in [1.29, 1.82) is 0 Å². The molecule has 8 heteroatoms. The number of pyridine rings is 1. The summed E-state index contributed by atoms with van der Waals surface area (Å²) < 4.78 is 0. The zero-order chi connectivity index (χ0) is 17.5. The van der Waals surface area contributed by atoms with E-state index < -0.39 is 10.8 Å². The Bertz CT molecular complexity index is 721. The highest BCUT2D eigenvalue weighted by molar-refractivity contribution is 6.06. The fraction of sp³-hybridized carbons (Fsp3) is 0.250. The van der Waals surface area contributed by atoms with Crippen LogP contribution in [0.2, 0.25) is 0 Å². The van der Waals surface area contributed by atoms with E-state index in [4.69, 9.17) is 5.11 Å². The normalized spacial score (nSPS) is 10.2. The van der Waals surface area contributed by atoms with Crippen molar-refractivity contribution in [3.8, 4) is 0 Å². The Morgan fingerprint density at radius 2 is 2.17 bits per heavy atom. The standard InChI is InChI=1S/C16H18N4O4/c1-17-13-7-6-12(11-14(13)20(23)24)16(22)19(9-4-10-21)15-5-2-3-8-18-15/h2-3,5-8,11,17,21H,4,9-10H2,1H3. The van der Waals surface area contributed by atoms with Gasteiger partial charge in [-0.2, -0.15) is 0 Å². The van der Waals surface area contributed by atoms with Gasteiger partial charge in [0, 0.05) is 38.0 Å². The highest BCUT2D eigenvalue weighted by Gasteiger charge is 2.22. The number of aliphatic hydroxyl groups is 1. The summed E-state index contributed by atoms with van der Waals surface area (Å²) in [5, 5.41) is 22.9. The molecule has 8 nitrogen and oxygen atoms in total. The molecule has 0 saturated carbocycles. The number of amides is 1. The molecule has 0 atom stereocenters. The zero-order valence-electron chi connectivity index (χ0n) is 13.2. The van der Waals surface area contributed by atoms with Crippen LogP contribution >= 0.6 is 0 Å². The van der Waals surface area contributed by atoms with Crippen LogP contribution in [0.5, 0.6) is 0 Å². The molecule has 0 aliphatic heterocycles. The minimum absolute atomic E-state index is 0.0740. The number of rotatable bonds is 7. The number of benzene rings is 1. The molecule has 0 bridgehead atoms. The molecule has 0 unspecified atom stereocenters. The fourth-order valence-corrected chi connectivity index (χ4v) is 2.25. The lowest BCUT2D eigenvalue weighted by Gasteiger charge is -2.21. The summed E-state index contributed by atoms with van der Waals surface area (Å²) >= 11 is 0. The van der Waals surface area contributed by atoms with E-state index in [-0.39, 0.29) is 24.4 Å². The number of aromatic nitrogens is 1. The van der Waals surface area contributed by atoms with E-state index in [1.165, 1.54) is 23.1 Å². The molecular weight excluding hydrogens is 312 g/mol. The molecule has 1 amide bonds. The summed E-state index contributed by atoms with van der Waals surface area (Å²) in [5.41, 5.74) is 0.340. The van der Waals surface area contributed by atoms with E-state index in [0.717, 1.165) is 0 Å². The summed E-state index contributed by atoms with van der Waals surface area (Å²) in [6.07, 6.45) is 1.93. The fourth-order valence-electron chi connectivity index (χ4n) is 2.25. The third kappa shape index (κ3) is 3.85. The molecule has 0 radical (unpaired) electrons. The molecule has 0 spiro atoms. The van der Waals surface area contributed by atoms with E-state index in [0.29, 0.717) is 17.9 Å².